The first kappa shape index (κ1) is 15.1. The summed E-state index contributed by atoms with van der Waals surface area (Å²) in [5.74, 6) is 1.11. The first-order valence-electron chi connectivity index (χ1n) is 8.68. The van der Waals surface area contributed by atoms with Crippen LogP contribution in [0.3, 0.4) is 0 Å². The van der Waals surface area contributed by atoms with Crippen molar-refractivity contribution in [3.8, 4) is 5.75 Å². The predicted octanol–water partition coefficient (Wildman–Crippen LogP) is 5.81. The zero-order valence-corrected chi connectivity index (χ0v) is 13.3. The summed E-state index contributed by atoms with van der Waals surface area (Å²) in [4.78, 5) is 0. The van der Waals surface area contributed by atoms with Gasteiger partial charge in [0, 0.05) is 6.42 Å². The third-order valence-electron chi connectivity index (χ3n) is 4.92. The van der Waals surface area contributed by atoms with E-state index in [4.69, 9.17) is 0 Å². The number of phenols is 1. The predicted molar refractivity (Wildman–Crippen MR) is 92.4 cm³/mol. The fourth-order valence-corrected chi connectivity index (χ4v) is 3.61. The van der Waals surface area contributed by atoms with E-state index >= 15 is 0 Å². The molecule has 116 valence electrons. The van der Waals surface area contributed by atoms with Crippen LogP contribution in [0.4, 0.5) is 0 Å². The monoisotopic (exact) mass is 294 g/mol. The number of aromatic hydroxyl groups is 1. The van der Waals surface area contributed by atoms with Crippen molar-refractivity contribution in [3.63, 3.8) is 0 Å². The molecule has 3 rings (SSSR count). The number of rotatable bonds is 3. The Labute approximate surface area is 134 Å². The molecule has 1 nitrogen and oxygen atoms in total. The number of hydrogen-bond donors (Lipinski definition) is 1. The highest BCUT2D eigenvalue weighted by Crippen LogP contribution is 2.33. The molecule has 1 aliphatic rings. The van der Waals surface area contributed by atoms with Crippen molar-refractivity contribution in [2.24, 2.45) is 0 Å². The van der Waals surface area contributed by atoms with Crippen molar-refractivity contribution in [2.75, 3.05) is 0 Å². The summed E-state index contributed by atoms with van der Waals surface area (Å²) in [6.45, 7) is 0. The maximum Gasteiger partial charge on any atom is 0.119 e. The van der Waals surface area contributed by atoms with Crippen molar-refractivity contribution in [3.05, 3.63) is 65.2 Å². The molecule has 0 atom stereocenters. The molecule has 0 bridgehead atoms. The Morgan fingerprint density at radius 3 is 2.23 bits per heavy atom. The molecule has 1 fully saturated rings. The Morgan fingerprint density at radius 2 is 1.50 bits per heavy atom. The normalized spacial score (nSPS) is 16.9. The van der Waals surface area contributed by atoms with Gasteiger partial charge in [-0.3, -0.25) is 0 Å². The SMILES string of the molecule is Oc1ccc(C2CCCCCCC2)cc1Cc1ccccc1. The molecule has 1 saturated carbocycles. The number of hydrogen-bond acceptors (Lipinski definition) is 1. The molecule has 0 heterocycles. The zero-order chi connectivity index (χ0) is 15.2. The molecule has 0 amide bonds. The van der Waals surface area contributed by atoms with Crippen LogP contribution in [0, 0.1) is 0 Å². The van der Waals surface area contributed by atoms with E-state index in [0.29, 0.717) is 11.7 Å². The van der Waals surface area contributed by atoms with E-state index in [9.17, 15) is 5.11 Å². The molecule has 0 unspecified atom stereocenters. The van der Waals surface area contributed by atoms with Crippen LogP contribution in [0.5, 0.6) is 5.75 Å². The second-order valence-corrected chi connectivity index (χ2v) is 6.59. The van der Waals surface area contributed by atoms with E-state index < -0.39 is 0 Å². The van der Waals surface area contributed by atoms with Crippen molar-refractivity contribution in [1.29, 1.82) is 0 Å². The maximum absolute atomic E-state index is 10.2. The first-order chi connectivity index (χ1) is 10.8. The van der Waals surface area contributed by atoms with E-state index in [1.54, 1.807) is 0 Å². The highest BCUT2D eigenvalue weighted by molar-refractivity contribution is 5.40. The van der Waals surface area contributed by atoms with Gasteiger partial charge in [-0.2, -0.15) is 0 Å². The van der Waals surface area contributed by atoms with Crippen LogP contribution in [0.15, 0.2) is 48.5 Å². The van der Waals surface area contributed by atoms with Gasteiger partial charge in [-0.15, -0.1) is 0 Å². The summed E-state index contributed by atoms with van der Waals surface area (Å²) in [6, 6.07) is 16.7. The van der Waals surface area contributed by atoms with Gasteiger partial charge in [0.25, 0.3) is 0 Å². The smallest absolute Gasteiger partial charge is 0.119 e. The van der Waals surface area contributed by atoms with E-state index in [0.717, 1.165) is 12.0 Å². The van der Waals surface area contributed by atoms with Gasteiger partial charge < -0.3 is 5.11 Å². The molecule has 0 aromatic heterocycles. The lowest BCUT2D eigenvalue weighted by Gasteiger charge is -2.21. The standard InChI is InChI=1S/C21H26O/c22-21-14-13-19(18-11-7-2-1-3-8-12-18)16-20(21)15-17-9-5-4-6-10-17/h4-6,9-10,13-14,16,18,22H,1-3,7-8,11-12,15H2. The molecule has 1 heteroatoms. The highest BCUT2D eigenvalue weighted by Gasteiger charge is 2.15. The maximum atomic E-state index is 10.2. The van der Waals surface area contributed by atoms with Crippen molar-refractivity contribution in [2.45, 2.75) is 57.3 Å². The lowest BCUT2D eigenvalue weighted by atomic mass is 9.85. The second-order valence-electron chi connectivity index (χ2n) is 6.59. The molecule has 0 saturated heterocycles. The van der Waals surface area contributed by atoms with Gasteiger partial charge in [0.15, 0.2) is 0 Å². The summed E-state index contributed by atoms with van der Waals surface area (Å²) in [5, 5.41) is 10.2. The molecule has 2 aromatic carbocycles. The van der Waals surface area contributed by atoms with E-state index in [1.807, 2.05) is 12.1 Å². The molecule has 0 radical (unpaired) electrons. The van der Waals surface area contributed by atoms with Gasteiger partial charge in [0.1, 0.15) is 5.75 Å². The van der Waals surface area contributed by atoms with Gasteiger partial charge in [-0.05, 0) is 41.5 Å². The van der Waals surface area contributed by atoms with E-state index in [1.165, 1.54) is 56.1 Å². The topological polar surface area (TPSA) is 20.2 Å². The van der Waals surface area contributed by atoms with Crippen LogP contribution < -0.4 is 0 Å². The summed E-state index contributed by atoms with van der Waals surface area (Å²) in [6.07, 6.45) is 10.3. The zero-order valence-electron chi connectivity index (χ0n) is 13.3. The van der Waals surface area contributed by atoms with Crippen LogP contribution in [0.1, 0.15) is 67.6 Å². The van der Waals surface area contributed by atoms with Crippen LogP contribution in [0.25, 0.3) is 0 Å². The average Bonchev–Trinajstić information content (AvgIpc) is 2.51. The first-order valence-corrected chi connectivity index (χ1v) is 8.68. The minimum Gasteiger partial charge on any atom is -0.508 e. The van der Waals surface area contributed by atoms with Crippen LogP contribution in [-0.2, 0) is 6.42 Å². The highest BCUT2D eigenvalue weighted by atomic mass is 16.3. The fourth-order valence-electron chi connectivity index (χ4n) is 3.61. The summed E-state index contributed by atoms with van der Waals surface area (Å²) >= 11 is 0. The van der Waals surface area contributed by atoms with Crippen LogP contribution >= 0.6 is 0 Å². The van der Waals surface area contributed by atoms with Crippen molar-refractivity contribution < 1.29 is 5.11 Å². The molecular formula is C21H26O. The fraction of sp³-hybridized carbons (Fsp3) is 0.429. The molecule has 2 aromatic rings. The molecule has 1 aliphatic carbocycles. The quantitative estimate of drug-likeness (QED) is 0.757. The third-order valence-corrected chi connectivity index (χ3v) is 4.92. The molecular weight excluding hydrogens is 268 g/mol. The van der Waals surface area contributed by atoms with Gasteiger partial charge in [-0.1, -0.05) is 74.6 Å². The lowest BCUT2D eigenvalue weighted by molar-refractivity contribution is 0.451. The van der Waals surface area contributed by atoms with Crippen molar-refractivity contribution in [1.82, 2.24) is 0 Å². The second kappa shape index (κ2) is 7.49. The minimum absolute atomic E-state index is 0.429. The summed E-state index contributed by atoms with van der Waals surface area (Å²) < 4.78 is 0. The molecule has 0 spiro atoms. The Bertz CT molecular complexity index is 580. The van der Waals surface area contributed by atoms with Gasteiger partial charge >= 0.3 is 0 Å². The van der Waals surface area contributed by atoms with Gasteiger partial charge in [0.2, 0.25) is 0 Å². The average molecular weight is 294 g/mol. The lowest BCUT2D eigenvalue weighted by Crippen LogP contribution is -2.03. The summed E-state index contributed by atoms with van der Waals surface area (Å²) in [5.41, 5.74) is 3.74. The van der Waals surface area contributed by atoms with Gasteiger partial charge in [0.05, 0.1) is 0 Å². The third kappa shape index (κ3) is 3.91. The van der Waals surface area contributed by atoms with Gasteiger partial charge in [-0.25, -0.2) is 0 Å². The Hall–Kier alpha value is -1.76. The number of phenolic OH excluding ortho intramolecular Hbond substituents is 1. The largest absolute Gasteiger partial charge is 0.508 e. The van der Waals surface area contributed by atoms with Crippen LogP contribution in [-0.4, -0.2) is 5.11 Å². The van der Waals surface area contributed by atoms with E-state index in [-0.39, 0.29) is 0 Å². The van der Waals surface area contributed by atoms with E-state index in [2.05, 4.69) is 36.4 Å². The van der Waals surface area contributed by atoms with Crippen LogP contribution in [0.2, 0.25) is 0 Å². The Kier molecular flexibility index (Phi) is 5.15. The summed E-state index contributed by atoms with van der Waals surface area (Å²) in [7, 11) is 0. The molecule has 0 aliphatic heterocycles. The Morgan fingerprint density at radius 1 is 0.818 bits per heavy atom. The Balaban J connectivity index is 1.79. The molecule has 1 N–H and O–H groups in total. The minimum atomic E-state index is 0.429. The van der Waals surface area contributed by atoms with Crippen molar-refractivity contribution >= 4 is 0 Å². The molecule has 22 heavy (non-hydrogen) atoms. The number of benzene rings is 2.